The van der Waals surface area contributed by atoms with Crippen molar-refractivity contribution in [2.75, 3.05) is 0 Å². The fourth-order valence-electron chi connectivity index (χ4n) is 1.75. The summed E-state index contributed by atoms with van der Waals surface area (Å²) in [5.41, 5.74) is 0.762. The highest BCUT2D eigenvalue weighted by atomic mass is 19.4. The minimum Gasteiger partial charge on any atom is -0.297 e. The SMILES string of the molecule is FC(F)(F)c1nc(-c2nccn2-c2ccccc2)n[nH]1. The van der Waals surface area contributed by atoms with Gasteiger partial charge in [0.15, 0.2) is 5.82 Å². The lowest BCUT2D eigenvalue weighted by molar-refractivity contribution is -0.144. The average molecular weight is 279 g/mol. The van der Waals surface area contributed by atoms with E-state index in [1.54, 1.807) is 10.8 Å². The van der Waals surface area contributed by atoms with Gasteiger partial charge in [-0.2, -0.15) is 13.2 Å². The zero-order chi connectivity index (χ0) is 14.2. The standard InChI is InChI=1S/C12H8F3N5/c13-12(14,15)11-17-9(18-19-11)10-16-6-7-20(10)8-4-2-1-3-5-8/h1-7H,(H,17,18,19). The van der Waals surface area contributed by atoms with Crippen molar-refractivity contribution in [1.29, 1.82) is 0 Å². The van der Waals surface area contributed by atoms with E-state index in [2.05, 4.69) is 15.1 Å². The van der Waals surface area contributed by atoms with Gasteiger partial charge in [-0.25, -0.2) is 9.97 Å². The van der Waals surface area contributed by atoms with E-state index < -0.39 is 12.0 Å². The smallest absolute Gasteiger partial charge is 0.297 e. The molecule has 0 radical (unpaired) electrons. The van der Waals surface area contributed by atoms with Gasteiger partial charge in [0.05, 0.1) is 0 Å². The largest absolute Gasteiger partial charge is 0.451 e. The van der Waals surface area contributed by atoms with Gasteiger partial charge in [-0.05, 0) is 12.1 Å². The molecule has 2 aromatic heterocycles. The zero-order valence-corrected chi connectivity index (χ0v) is 9.96. The second kappa shape index (κ2) is 4.48. The molecular weight excluding hydrogens is 271 g/mol. The topological polar surface area (TPSA) is 59.4 Å². The maximum absolute atomic E-state index is 12.5. The molecule has 2 heterocycles. The maximum Gasteiger partial charge on any atom is 0.451 e. The molecule has 0 saturated heterocycles. The van der Waals surface area contributed by atoms with Crippen molar-refractivity contribution in [2.24, 2.45) is 0 Å². The number of hydrogen-bond acceptors (Lipinski definition) is 3. The van der Waals surface area contributed by atoms with E-state index in [9.17, 15) is 13.2 Å². The fraction of sp³-hybridized carbons (Fsp3) is 0.0833. The third-order valence-corrected chi connectivity index (χ3v) is 2.63. The number of halogens is 3. The van der Waals surface area contributed by atoms with E-state index in [-0.39, 0.29) is 11.6 Å². The first kappa shape index (κ1) is 12.4. The van der Waals surface area contributed by atoms with Gasteiger partial charge in [-0.3, -0.25) is 9.67 Å². The number of imidazole rings is 1. The lowest BCUT2D eigenvalue weighted by Gasteiger charge is -2.04. The van der Waals surface area contributed by atoms with Crippen LogP contribution in [0.1, 0.15) is 5.82 Å². The molecule has 0 atom stereocenters. The van der Waals surface area contributed by atoms with Crippen LogP contribution in [0.2, 0.25) is 0 Å². The van der Waals surface area contributed by atoms with Crippen molar-refractivity contribution in [3.05, 3.63) is 48.5 Å². The van der Waals surface area contributed by atoms with Crippen LogP contribution in [0.4, 0.5) is 13.2 Å². The Morgan fingerprint density at radius 1 is 1.10 bits per heavy atom. The Bertz CT molecular complexity index is 714. The summed E-state index contributed by atoms with van der Waals surface area (Å²) in [5, 5.41) is 5.45. The molecule has 8 heteroatoms. The molecule has 0 aliphatic rings. The Kier molecular flexibility index (Phi) is 2.78. The van der Waals surface area contributed by atoms with Crippen molar-refractivity contribution >= 4 is 0 Å². The van der Waals surface area contributed by atoms with Crippen molar-refractivity contribution in [2.45, 2.75) is 6.18 Å². The molecule has 0 fully saturated rings. The third kappa shape index (κ3) is 2.15. The van der Waals surface area contributed by atoms with Crippen LogP contribution in [0.3, 0.4) is 0 Å². The van der Waals surface area contributed by atoms with Gasteiger partial charge in [-0.1, -0.05) is 18.2 Å². The summed E-state index contributed by atoms with van der Waals surface area (Å²) in [5.74, 6) is -1.01. The zero-order valence-electron chi connectivity index (χ0n) is 9.96. The highest BCUT2D eigenvalue weighted by Gasteiger charge is 2.35. The van der Waals surface area contributed by atoms with Crippen LogP contribution in [0.15, 0.2) is 42.7 Å². The molecule has 0 amide bonds. The Morgan fingerprint density at radius 2 is 1.85 bits per heavy atom. The Hall–Kier alpha value is -2.64. The first-order valence-electron chi connectivity index (χ1n) is 5.64. The summed E-state index contributed by atoms with van der Waals surface area (Å²) in [4.78, 5) is 7.44. The second-order valence-corrected chi connectivity index (χ2v) is 3.96. The quantitative estimate of drug-likeness (QED) is 0.784. The number of aromatic nitrogens is 5. The molecule has 102 valence electrons. The molecule has 0 unspecified atom stereocenters. The van der Waals surface area contributed by atoms with Gasteiger partial charge < -0.3 is 0 Å². The van der Waals surface area contributed by atoms with Gasteiger partial charge in [0.1, 0.15) is 0 Å². The van der Waals surface area contributed by atoms with Crippen LogP contribution < -0.4 is 0 Å². The van der Waals surface area contributed by atoms with E-state index in [0.29, 0.717) is 0 Å². The number of benzene rings is 1. The Morgan fingerprint density at radius 3 is 2.50 bits per heavy atom. The number of alkyl halides is 3. The summed E-state index contributed by atoms with van der Waals surface area (Å²) >= 11 is 0. The van der Waals surface area contributed by atoms with Gasteiger partial charge in [0.2, 0.25) is 11.6 Å². The molecule has 1 N–H and O–H groups in total. The lowest BCUT2D eigenvalue weighted by atomic mass is 10.3. The second-order valence-electron chi connectivity index (χ2n) is 3.96. The molecule has 0 aliphatic heterocycles. The molecule has 0 bridgehead atoms. The normalized spacial score (nSPS) is 11.8. The molecule has 0 spiro atoms. The van der Waals surface area contributed by atoms with Crippen molar-refractivity contribution < 1.29 is 13.2 Å². The predicted molar refractivity (Wildman–Crippen MR) is 63.9 cm³/mol. The number of H-pyrrole nitrogens is 1. The first-order valence-corrected chi connectivity index (χ1v) is 5.64. The summed E-state index contributed by atoms with van der Waals surface area (Å²) in [6, 6.07) is 9.09. The molecule has 5 nitrogen and oxygen atoms in total. The summed E-state index contributed by atoms with van der Waals surface area (Å²) in [6.45, 7) is 0. The number of para-hydroxylation sites is 1. The van der Waals surface area contributed by atoms with E-state index in [4.69, 9.17) is 0 Å². The minimum atomic E-state index is -4.56. The average Bonchev–Trinajstić information content (AvgIpc) is 3.07. The Balaban J connectivity index is 2.04. The highest BCUT2D eigenvalue weighted by molar-refractivity contribution is 5.49. The first-order chi connectivity index (χ1) is 9.55. The van der Waals surface area contributed by atoms with E-state index in [1.165, 1.54) is 6.20 Å². The summed E-state index contributed by atoms with van der Waals surface area (Å²) < 4.78 is 39.1. The molecule has 3 aromatic rings. The van der Waals surface area contributed by atoms with Gasteiger partial charge in [-0.15, -0.1) is 5.10 Å². The van der Waals surface area contributed by atoms with Crippen LogP contribution in [0.25, 0.3) is 17.3 Å². The summed E-state index contributed by atoms with van der Waals surface area (Å²) in [6.07, 6.45) is -1.45. The monoisotopic (exact) mass is 279 g/mol. The van der Waals surface area contributed by atoms with Crippen LogP contribution in [-0.4, -0.2) is 24.7 Å². The molecule has 1 aromatic carbocycles. The van der Waals surface area contributed by atoms with Gasteiger partial charge in [0.25, 0.3) is 0 Å². The number of aromatic amines is 1. The molecule has 0 aliphatic carbocycles. The van der Waals surface area contributed by atoms with Gasteiger partial charge >= 0.3 is 6.18 Å². The van der Waals surface area contributed by atoms with Crippen molar-refractivity contribution in [3.63, 3.8) is 0 Å². The van der Waals surface area contributed by atoms with E-state index >= 15 is 0 Å². The number of nitrogens with zero attached hydrogens (tertiary/aromatic N) is 4. The van der Waals surface area contributed by atoms with Crippen molar-refractivity contribution in [1.82, 2.24) is 24.7 Å². The number of hydrogen-bond donors (Lipinski definition) is 1. The predicted octanol–water partition coefficient (Wildman–Crippen LogP) is 2.68. The highest BCUT2D eigenvalue weighted by Crippen LogP contribution is 2.27. The van der Waals surface area contributed by atoms with Crippen LogP contribution >= 0.6 is 0 Å². The summed E-state index contributed by atoms with van der Waals surface area (Å²) in [7, 11) is 0. The third-order valence-electron chi connectivity index (χ3n) is 2.63. The van der Waals surface area contributed by atoms with Crippen molar-refractivity contribution in [3.8, 4) is 17.3 Å². The van der Waals surface area contributed by atoms with E-state index in [1.807, 2.05) is 35.4 Å². The lowest BCUT2D eigenvalue weighted by Crippen LogP contribution is -2.07. The molecule has 0 saturated carbocycles. The Labute approximate surface area is 111 Å². The molecular formula is C12H8F3N5. The minimum absolute atomic E-state index is 0.105. The van der Waals surface area contributed by atoms with Gasteiger partial charge in [0, 0.05) is 18.1 Å². The number of rotatable bonds is 2. The van der Waals surface area contributed by atoms with Crippen LogP contribution in [0, 0.1) is 0 Å². The van der Waals surface area contributed by atoms with Crippen LogP contribution in [-0.2, 0) is 6.18 Å². The molecule has 20 heavy (non-hydrogen) atoms. The van der Waals surface area contributed by atoms with E-state index in [0.717, 1.165) is 5.69 Å². The number of nitrogens with one attached hydrogen (secondary N) is 1. The maximum atomic E-state index is 12.5. The molecule has 3 rings (SSSR count). The van der Waals surface area contributed by atoms with Crippen LogP contribution in [0.5, 0.6) is 0 Å². The fourth-order valence-corrected chi connectivity index (χ4v) is 1.75.